The van der Waals surface area contributed by atoms with Crippen molar-refractivity contribution in [3.63, 3.8) is 0 Å². The number of rotatable bonds is 3. The topological polar surface area (TPSA) is 30.1 Å². The molecular formula is C15H20N2OS. The summed E-state index contributed by atoms with van der Waals surface area (Å²) in [6.07, 6.45) is 1.70. The minimum absolute atomic E-state index is 0.187. The van der Waals surface area contributed by atoms with Crippen molar-refractivity contribution in [2.45, 2.75) is 39.7 Å². The van der Waals surface area contributed by atoms with Crippen LogP contribution in [0.25, 0.3) is 5.69 Å². The Morgan fingerprint density at radius 1 is 1.11 bits per heavy atom. The maximum absolute atomic E-state index is 10.2. The Balaban J connectivity index is 2.70. The van der Waals surface area contributed by atoms with E-state index in [-0.39, 0.29) is 11.9 Å². The van der Waals surface area contributed by atoms with E-state index in [2.05, 4.69) is 19.9 Å². The smallest absolute Gasteiger partial charge is 0.214 e. The van der Waals surface area contributed by atoms with Gasteiger partial charge in [0.1, 0.15) is 0 Å². The molecule has 102 valence electrons. The Labute approximate surface area is 119 Å². The molecule has 1 heterocycles. The van der Waals surface area contributed by atoms with Crippen molar-refractivity contribution in [1.82, 2.24) is 9.13 Å². The number of imidazole rings is 1. The molecule has 0 atom stereocenters. The van der Waals surface area contributed by atoms with Crippen molar-refractivity contribution < 1.29 is 5.11 Å². The van der Waals surface area contributed by atoms with Crippen molar-refractivity contribution in [2.75, 3.05) is 0 Å². The van der Waals surface area contributed by atoms with Gasteiger partial charge in [-0.1, -0.05) is 32.0 Å². The second kappa shape index (κ2) is 5.21. The number of aromatic hydroxyl groups is 1. The lowest BCUT2D eigenvalue weighted by molar-refractivity contribution is 0.440. The number of aromatic nitrogens is 2. The third-order valence-corrected chi connectivity index (χ3v) is 3.65. The summed E-state index contributed by atoms with van der Waals surface area (Å²) < 4.78 is 4.27. The molecule has 0 aliphatic carbocycles. The summed E-state index contributed by atoms with van der Waals surface area (Å²) in [6, 6.07) is 8.28. The monoisotopic (exact) mass is 276 g/mol. The first-order chi connectivity index (χ1) is 8.93. The van der Waals surface area contributed by atoms with Crippen LogP contribution in [-0.4, -0.2) is 14.2 Å². The second-order valence-electron chi connectivity index (χ2n) is 5.32. The highest BCUT2D eigenvalue weighted by Gasteiger charge is 2.15. The number of para-hydroxylation sites is 1. The van der Waals surface area contributed by atoms with E-state index in [1.165, 1.54) is 5.56 Å². The average Bonchev–Trinajstić information content (AvgIpc) is 2.65. The highest BCUT2D eigenvalue weighted by molar-refractivity contribution is 7.71. The van der Waals surface area contributed by atoms with Crippen molar-refractivity contribution in [3.8, 4) is 11.6 Å². The van der Waals surface area contributed by atoms with Gasteiger partial charge in [-0.3, -0.25) is 4.57 Å². The van der Waals surface area contributed by atoms with Gasteiger partial charge < -0.3 is 9.67 Å². The molecule has 3 nitrogen and oxygen atoms in total. The lowest BCUT2D eigenvalue weighted by Gasteiger charge is -2.14. The van der Waals surface area contributed by atoms with Crippen LogP contribution in [0.5, 0.6) is 5.88 Å². The maximum atomic E-state index is 10.2. The molecule has 0 saturated carbocycles. The van der Waals surface area contributed by atoms with Crippen LogP contribution in [0.2, 0.25) is 0 Å². The Hall–Kier alpha value is -1.55. The van der Waals surface area contributed by atoms with Gasteiger partial charge in [0.2, 0.25) is 5.88 Å². The summed E-state index contributed by atoms with van der Waals surface area (Å²) in [5.41, 5.74) is 2.13. The second-order valence-corrected chi connectivity index (χ2v) is 5.68. The molecule has 0 aliphatic rings. The van der Waals surface area contributed by atoms with Crippen LogP contribution in [0.1, 0.15) is 45.2 Å². The van der Waals surface area contributed by atoms with Crippen LogP contribution in [-0.2, 0) is 0 Å². The van der Waals surface area contributed by atoms with Crippen LogP contribution in [0, 0.1) is 4.77 Å². The van der Waals surface area contributed by atoms with Gasteiger partial charge in [-0.05, 0) is 43.6 Å². The number of hydrogen-bond acceptors (Lipinski definition) is 2. The molecule has 2 rings (SSSR count). The molecule has 19 heavy (non-hydrogen) atoms. The van der Waals surface area contributed by atoms with Gasteiger partial charge >= 0.3 is 0 Å². The van der Waals surface area contributed by atoms with Gasteiger partial charge in [0.25, 0.3) is 0 Å². The van der Waals surface area contributed by atoms with E-state index in [4.69, 9.17) is 12.2 Å². The largest absolute Gasteiger partial charge is 0.493 e. The van der Waals surface area contributed by atoms with Crippen LogP contribution >= 0.6 is 12.2 Å². The first-order valence-electron chi connectivity index (χ1n) is 6.55. The first-order valence-corrected chi connectivity index (χ1v) is 6.96. The van der Waals surface area contributed by atoms with Crippen molar-refractivity contribution in [3.05, 3.63) is 40.8 Å². The van der Waals surface area contributed by atoms with Crippen LogP contribution in [0.15, 0.2) is 30.5 Å². The van der Waals surface area contributed by atoms with E-state index in [0.29, 0.717) is 10.7 Å². The van der Waals surface area contributed by atoms with E-state index in [0.717, 1.165) is 5.69 Å². The standard InChI is InChI=1S/C15H20N2OS/c1-10(2)12-7-5-6-8-13(12)17-14(18)9-16(11(3)4)15(17)19/h5-11,18H,1-4H3. The Bertz CT molecular complexity index is 638. The van der Waals surface area contributed by atoms with E-state index < -0.39 is 0 Å². The van der Waals surface area contributed by atoms with Gasteiger partial charge in [0.05, 0.1) is 11.9 Å². The molecule has 1 aromatic carbocycles. The van der Waals surface area contributed by atoms with Crippen LogP contribution in [0.4, 0.5) is 0 Å². The van der Waals surface area contributed by atoms with Gasteiger partial charge in [0, 0.05) is 6.04 Å². The third-order valence-electron chi connectivity index (χ3n) is 3.25. The Morgan fingerprint density at radius 3 is 2.26 bits per heavy atom. The molecule has 1 N–H and O–H groups in total. The van der Waals surface area contributed by atoms with E-state index >= 15 is 0 Å². The summed E-state index contributed by atoms with van der Waals surface area (Å²) in [7, 11) is 0. The molecule has 0 unspecified atom stereocenters. The van der Waals surface area contributed by atoms with Crippen molar-refractivity contribution in [2.24, 2.45) is 0 Å². The first kappa shape index (κ1) is 13.9. The molecule has 0 aliphatic heterocycles. The van der Waals surface area contributed by atoms with Gasteiger partial charge in [0.15, 0.2) is 4.77 Å². The summed E-state index contributed by atoms with van der Waals surface area (Å²) in [5.74, 6) is 0.562. The van der Waals surface area contributed by atoms with Gasteiger partial charge in [-0.2, -0.15) is 0 Å². The molecule has 0 spiro atoms. The summed E-state index contributed by atoms with van der Waals surface area (Å²) in [4.78, 5) is 0. The molecule has 0 radical (unpaired) electrons. The quantitative estimate of drug-likeness (QED) is 0.841. The molecular weight excluding hydrogens is 256 g/mol. The Morgan fingerprint density at radius 2 is 1.74 bits per heavy atom. The molecule has 0 fully saturated rings. The highest BCUT2D eigenvalue weighted by atomic mass is 32.1. The highest BCUT2D eigenvalue weighted by Crippen LogP contribution is 2.28. The van der Waals surface area contributed by atoms with E-state index in [9.17, 15) is 5.11 Å². The lowest BCUT2D eigenvalue weighted by atomic mass is 10.0. The number of nitrogens with zero attached hydrogens (tertiary/aromatic N) is 2. The van der Waals surface area contributed by atoms with Gasteiger partial charge in [-0.25, -0.2) is 0 Å². The van der Waals surface area contributed by atoms with E-state index in [1.54, 1.807) is 10.8 Å². The number of benzene rings is 1. The summed E-state index contributed by atoms with van der Waals surface area (Å²) in [5, 5.41) is 10.2. The zero-order valence-electron chi connectivity index (χ0n) is 11.8. The molecule has 1 aromatic heterocycles. The van der Waals surface area contributed by atoms with E-state index in [1.807, 2.05) is 36.6 Å². The zero-order chi connectivity index (χ0) is 14.2. The normalized spacial score (nSPS) is 11.5. The fourth-order valence-corrected chi connectivity index (χ4v) is 2.68. The Kier molecular flexibility index (Phi) is 3.80. The fourth-order valence-electron chi connectivity index (χ4n) is 2.23. The zero-order valence-corrected chi connectivity index (χ0v) is 12.6. The lowest BCUT2D eigenvalue weighted by Crippen LogP contribution is -2.04. The molecule has 0 saturated heterocycles. The SMILES string of the molecule is CC(C)c1ccccc1-n1c(O)cn(C(C)C)c1=S. The molecule has 2 aromatic rings. The molecule has 4 heteroatoms. The predicted molar refractivity (Wildman–Crippen MR) is 80.7 cm³/mol. The van der Waals surface area contributed by atoms with Crippen LogP contribution in [0.3, 0.4) is 0 Å². The van der Waals surface area contributed by atoms with Crippen LogP contribution < -0.4 is 0 Å². The fraction of sp³-hybridized carbons (Fsp3) is 0.400. The van der Waals surface area contributed by atoms with Crippen molar-refractivity contribution in [1.29, 1.82) is 0 Å². The molecule has 0 amide bonds. The average molecular weight is 276 g/mol. The molecule has 0 bridgehead atoms. The number of hydrogen-bond donors (Lipinski definition) is 1. The van der Waals surface area contributed by atoms with Gasteiger partial charge in [-0.15, -0.1) is 0 Å². The van der Waals surface area contributed by atoms with Crippen molar-refractivity contribution >= 4 is 12.2 Å². The third kappa shape index (κ3) is 2.45. The summed E-state index contributed by atoms with van der Waals surface area (Å²) in [6.45, 7) is 8.37. The summed E-state index contributed by atoms with van der Waals surface area (Å²) >= 11 is 5.48. The minimum Gasteiger partial charge on any atom is -0.493 e. The predicted octanol–water partition coefficient (Wildman–Crippen LogP) is 4.42. The maximum Gasteiger partial charge on any atom is 0.214 e. The minimum atomic E-state index is 0.187.